The maximum absolute atomic E-state index is 9.68. The first-order valence-corrected chi connectivity index (χ1v) is 7.52. The predicted molar refractivity (Wildman–Crippen MR) is 93.3 cm³/mol. The molecule has 4 heteroatoms. The molecule has 0 bridgehead atoms. The Bertz CT molecular complexity index is 1070. The van der Waals surface area contributed by atoms with E-state index in [1.165, 1.54) is 0 Å². The molecule has 2 heterocycles. The van der Waals surface area contributed by atoms with Crippen molar-refractivity contribution >= 4 is 11.0 Å². The first-order chi connectivity index (χ1) is 11.7. The summed E-state index contributed by atoms with van der Waals surface area (Å²) in [5.74, 6) is 0.231. The Kier molecular flexibility index (Phi) is 3.25. The van der Waals surface area contributed by atoms with Crippen LogP contribution in [0, 0.1) is 11.3 Å². The number of aromatic nitrogens is 2. The van der Waals surface area contributed by atoms with Crippen molar-refractivity contribution in [3.05, 3.63) is 72.6 Å². The molecular formula is C20H13N3O. The largest absolute Gasteiger partial charge is 0.508 e. The molecule has 0 spiro atoms. The van der Waals surface area contributed by atoms with Crippen molar-refractivity contribution in [3.8, 4) is 34.1 Å². The molecule has 0 saturated heterocycles. The van der Waals surface area contributed by atoms with Gasteiger partial charge in [-0.05, 0) is 41.5 Å². The molecule has 114 valence electrons. The maximum Gasteiger partial charge on any atom is 0.137 e. The highest BCUT2D eigenvalue weighted by Crippen LogP contribution is 2.31. The Morgan fingerprint density at radius 2 is 1.79 bits per heavy atom. The average Bonchev–Trinajstić information content (AvgIpc) is 3.05. The van der Waals surface area contributed by atoms with Gasteiger partial charge < -0.3 is 10.1 Å². The number of hydrogen-bond donors (Lipinski definition) is 2. The van der Waals surface area contributed by atoms with Crippen LogP contribution in [0.2, 0.25) is 0 Å². The van der Waals surface area contributed by atoms with E-state index in [9.17, 15) is 5.11 Å². The molecule has 0 aliphatic carbocycles. The van der Waals surface area contributed by atoms with Gasteiger partial charge in [0.1, 0.15) is 11.4 Å². The minimum Gasteiger partial charge on any atom is -0.508 e. The third kappa shape index (κ3) is 2.38. The van der Waals surface area contributed by atoms with Crippen LogP contribution < -0.4 is 0 Å². The van der Waals surface area contributed by atoms with Crippen LogP contribution in [-0.2, 0) is 0 Å². The summed E-state index contributed by atoms with van der Waals surface area (Å²) in [6.45, 7) is 0. The highest BCUT2D eigenvalue weighted by atomic mass is 16.3. The lowest BCUT2D eigenvalue weighted by Crippen LogP contribution is -1.83. The average molecular weight is 311 g/mol. The van der Waals surface area contributed by atoms with Crippen LogP contribution in [0.4, 0.5) is 0 Å². The number of aromatic amines is 1. The van der Waals surface area contributed by atoms with Crippen LogP contribution in [-0.4, -0.2) is 15.1 Å². The Morgan fingerprint density at radius 1 is 0.958 bits per heavy atom. The zero-order chi connectivity index (χ0) is 16.5. The summed E-state index contributed by atoms with van der Waals surface area (Å²) < 4.78 is 0. The fraction of sp³-hybridized carbons (Fsp3) is 0. The molecule has 0 amide bonds. The lowest BCUT2D eigenvalue weighted by molar-refractivity contribution is 0.475. The van der Waals surface area contributed by atoms with E-state index in [4.69, 9.17) is 5.26 Å². The van der Waals surface area contributed by atoms with Crippen LogP contribution in [0.25, 0.3) is 33.3 Å². The third-order valence-electron chi connectivity index (χ3n) is 4.04. The van der Waals surface area contributed by atoms with Gasteiger partial charge in [0.2, 0.25) is 0 Å². The van der Waals surface area contributed by atoms with E-state index in [1.54, 1.807) is 30.5 Å². The molecule has 0 fully saturated rings. The molecule has 2 aromatic heterocycles. The van der Waals surface area contributed by atoms with Crippen molar-refractivity contribution in [2.45, 2.75) is 0 Å². The summed E-state index contributed by atoms with van der Waals surface area (Å²) in [6, 6.07) is 18.8. The van der Waals surface area contributed by atoms with Crippen molar-refractivity contribution in [2.24, 2.45) is 0 Å². The molecule has 0 aliphatic heterocycles. The third-order valence-corrected chi connectivity index (χ3v) is 4.04. The number of aromatic hydroxyl groups is 1. The minimum atomic E-state index is 0.231. The van der Waals surface area contributed by atoms with Gasteiger partial charge in [-0.2, -0.15) is 5.26 Å². The number of pyridine rings is 1. The summed E-state index contributed by atoms with van der Waals surface area (Å²) >= 11 is 0. The molecular weight excluding hydrogens is 298 g/mol. The molecule has 0 radical (unpaired) electrons. The number of phenols is 1. The van der Waals surface area contributed by atoms with E-state index < -0.39 is 0 Å². The minimum absolute atomic E-state index is 0.231. The predicted octanol–water partition coefficient (Wildman–Crippen LogP) is 4.47. The fourth-order valence-corrected chi connectivity index (χ4v) is 2.81. The Labute approximate surface area is 138 Å². The molecule has 4 nitrogen and oxygen atoms in total. The van der Waals surface area contributed by atoms with E-state index in [0.29, 0.717) is 5.56 Å². The first-order valence-electron chi connectivity index (χ1n) is 7.52. The zero-order valence-corrected chi connectivity index (χ0v) is 12.7. The summed E-state index contributed by atoms with van der Waals surface area (Å²) in [5.41, 5.74) is 5.35. The molecule has 4 aromatic rings. The first kappa shape index (κ1) is 14.0. The molecule has 2 aromatic carbocycles. The smallest absolute Gasteiger partial charge is 0.137 e. The van der Waals surface area contributed by atoms with Crippen LogP contribution in [0.15, 0.2) is 67.0 Å². The highest BCUT2D eigenvalue weighted by Gasteiger charge is 2.09. The zero-order valence-electron chi connectivity index (χ0n) is 12.7. The summed E-state index contributed by atoms with van der Waals surface area (Å²) in [5, 5.41) is 19.6. The van der Waals surface area contributed by atoms with E-state index >= 15 is 0 Å². The summed E-state index contributed by atoms with van der Waals surface area (Å²) in [7, 11) is 0. The van der Waals surface area contributed by atoms with Crippen molar-refractivity contribution < 1.29 is 5.11 Å². The molecule has 2 N–H and O–H groups in total. The van der Waals surface area contributed by atoms with Crippen LogP contribution in [0.5, 0.6) is 5.75 Å². The second kappa shape index (κ2) is 5.56. The maximum atomic E-state index is 9.68. The van der Waals surface area contributed by atoms with Crippen LogP contribution >= 0.6 is 0 Å². The molecule has 4 rings (SSSR count). The van der Waals surface area contributed by atoms with Gasteiger partial charge >= 0.3 is 0 Å². The van der Waals surface area contributed by atoms with Gasteiger partial charge in [0, 0.05) is 28.9 Å². The van der Waals surface area contributed by atoms with Crippen molar-refractivity contribution in [2.75, 3.05) is 0 Å². The summed E-state index contributed by atoms with van der Waals surface area (Å²) in [4.78, 5) is 7.66. The van der Waals surface area contributed by atoms with E-state index in [-0.39, 0.29) is 5.75 Å². The quantitative estimate of drug-likeness (QED) is 0.573. The molecule has 0 unspecified atom stereocenters. The number of nitriles is 1. The normalized spacial score (nSPS) is 10.6. The number of hydrogen-bond acceptors (Lipinski definition) is 3. The van der Waals surface area contributed by atoms with Gasteiger partial charge in [-0.3, -0.25) is 0 Å². The number of rotatable bonds is 2. The Balaban J connectivity index is 1.85. The van der Waals surface area contributed by atoms with Crippen LogP contribution in [0.3, 0.4) is 0 Å². The lowest BCUT2D eigenvalue weighted by atomic mass is 10.0. The Hall–Kier alpha value is -3.58. The van der Waals surface area contributed by atoms with Crippen molar-refractivity contribution in [3.63, 3.8) is 0 Å². The van der Waals surface area contributed by atoms with Gasteiger partial charge in [-0.15, -0.1) is 0 Å². The summed E-state index contributed by atoms with van der Waals surface area (Å²) in [6.07, 6.45) is 3.71. The van der Waals surface area contributed by atoms with Crippen molar-refractivity contribution in [1.82, 2.24) is 9.97 Å². The number of fused-ring (bicyclic) bond motifs is 1. The molecule has 24 heavy (non-hydrogen) atoms. The number of nitrogens with zero attached hydrogens (tertiary/aromatic N) is 2. The second-order valence-electron chi connectivity index (χ2n) is 5.56. The molecule has 0 aliphatic rings. The Morgan fingerprint density at radius 3 is 2.54 bits per heavy atom. The lowest BCUT2D eigenvalue weighted by Gasteiger charge is -2.04. The standard InChI is InChI=1S/C20H13N3O/c21-10-13-4-6-14(7-5-13)19-12-23-20-18(19)9-16(11-22-20)15-2-1-3-17(24)8-15/h1-9,11-12,24H,(H,22,23). The SMILES string of the molecule is N#Cc1ccc(-c2c[nH]c3ncc(-c4cccc(O)c4)cc23)cc1. The van der Waals surface area contributed by atoms with Crippen molar-refractivity contribution in [1.29, 1.82) is 5.26 Å². The molecule has 0 saturated carbocycles. The monoisotopic (exact) mass is 311 g/mol. The van der Waals surface area contributed by atoms with E-state index in [2.05, 4.69) is 22.1 Å². The molecule has 0 atom stereocenters. The second-order valence-corrected chi connectivity index (χ2v) is 5.56. The number of phenolic OH excluding ortho intramolecular Hbond substituents is 1. The number of nitrogens with one attached hydrogen (secondary N) is 1. The topological polar surface area (TPSA) is 72.7 Å². The number of benzene rings is 2. The van der Waals surface area contributed by atoms with Crippen LogP contribution in [0.1, 0.15) is 5.56 Å². The highest BCUT2D eigenvalue weighted by molar-refractivity contribution is 5.95. The van der Waals surface area contributed by atoms with Gasteiger partial charge in [0.05, 0.1) is 11.6 Å². The number of H-pyrrole nitrogens is 1. The van der Waals surface area contributed by atoms with Gasteiger partial charge in [0.15, 0.2) is 0 Å². The van der Waals surface area contributed by atoms with Gasteiger partial charge in [-0.25, -0.2) is 4.98 Å². The van der Waals surface area contributed by atoms with E-state index in [0.717, 1.165) is 33.3 Å². The van der Waals surface area contributed by atoms with E-state index in [1.807, 2.05) is 30.5 Å². The fourth-order valence-electron chi connectivity index (χ4n) is 2.81. The van der Waals surface area contributed by atoms with Gasteiger partial charge in [-0.1, -0.05) is 24.3 Å². The van der Waals surface area contributed by atoms with Gasteiger partial charge in [0.25, 0.3) is 0 Å².